The normalized spacial score (nSPS) is 30.4. The Hall–Kier alpha value is -1.55. The van der Waals surface area contributed by atoms with Gasteiger partial charge >= 0.3 is 0 Å². The van der Waals surface area contributed by atoms with Crippen molar-refractivity contribution in [1.29, 1.82) is 0 Å². The summed E-state index contributed by atoms with van der Waals surface area (Å²) in [4.78, 5) is 12.3. The van der Waals surface area contributed by atoms with Crippen molar-refractivity contribution in [3.8, 4) is 5.75 Å². The van der Waals surface area contributed by atoms with Gasteiger partial charge in [-0.05, 0) is 37.1 Å². The Balaban J connectivity index is 1.93. The van der Waals surface area contributed by atoms with E-state index in [-0.39, 0.29) is 17.2 Å². The van der Waals surface area contributed by atoms with E-state index in [1.807, 2.05) is 12.1 Å². The van der Waals surface area contributed by atoms with Crippen LogP contribution in [0.25, 0.3) is 0 Å². The number of nitrogens with one attached hydrogen (secondary N) is 2. The molecule has 2 heterocycles. The number of methoxy groups -OCH3 is 1. The molecule has 2 aliphatic heterocycles. The van der Waals surface area contributed by atoms with Gasteiger partial charge in [0.25, 0.3) is 0 Å². The van der Waals surface area contributed by atoms with E-state index in [1.165, 1.54) is 5.56 Å². The van der Waals surface area contributed by atoms with E-state index < -0.39 is 0 Å². The van der Waals surface area contributed by atoms with Crippen molar-refractivity contribution in [2.75, 3.05) is 26.7 Å². The van der Waals surface area contributed by atoms with Crippen LogP contribution in [0.3, 0.4) is 0 Å². The highest BCUT2D eigenvalue weighted by atomic mass is 16.5. The van der Waals surface area contributed by atoms with Gasteiger partial charge in [0.2, 0.25) is 5.91 Å². The summed E-state index contributed by atoms with van der Waals surface area (Å²) in [7, 11) is 1.67. The van der Waals surface area contributed by atoms with Gasteiger partial charge in [-0.15, -0.1) is 0 Å². The Morgan fingerprint density at radius 3 is 2.58 bits per heavy atom. The van der Waals surface area contributed by atoms with E-state index in [2.05, 4.69) is 22.8 Å². The summed E-state index contributed by atoms with van der Waals surface area (Å²) in [5.41, 5.74) is 1.02. The summed E-state index contributed by atoms with van der Waals surface area (Å²) in [6.07, 6.45) is 1.87. The smallest absolute Gasteiger partial charge is 0.227 e. The maximum absolute atomic E-state index is 12.3. The number of ether oxygens (including phenoxy) is 1. The maximum Gasteiger partial charge on any atom is 0.227 e. The zero-order valence-corrected chi connectivity index (χ0v) is 11.2. The van der Waals surface area contributed by atoms with Crippen molar-refractivity contribution in [3.05, 3.63) is 29.8 Å². The van der Waals surface area contributed by atoms with Gasteiger partial charge in [0.05, 0.1) is 12.5 Å². The number of rotatable bonds is 2. The molecule has 1 amide bonds. The van der Waals surface area contributed by atoms with Gasteiger partial charge in [-0.2, -0.15) is 0 Å². The molecule has 4 heteroatoms. The minimum absolute atomic E-state index is 0.208. The molecule has 0 aliphatic carbocycles. The third kappa shape index (κ3) is 2.00. The molecule has 0 saturated carbocycles. The standard InChI is InChI=1S/C15H20N2O2/c1-19-12-4-2-11(3-5-12)13-10-16-8-6-15(13)7-9-17-14(15)18/h2-5,13,16H,6-10H2,1H3,(H,17,18). The number of carbonyl (C=O) groups excluding carboxylic acids is 1. The SMILES string of the molecule is COc1ccc(C2CNCCC23CCNC3=O)cc1. The molecule has 19 heavy (non-hydrogen) atoms. The lowest BCUT2D eigenvalue weighted by Crippen LogP contribution is -2.47. The molecule has 2 fully saturated rings. The monoisotopic (exact) mass is 260 g/mol. The molecule has 1 aromatic carbocycles. The molecule has 2 N–H and O–H groups in total. The van der Waals surface area contributed by atoms with Gasteiger partial charge in [0.15, 0.2) is 0 Å². The van der Waals surface area contributed by atoms with Crippen molar-refractivity contribution in [1.82, 2.24) is 10.6 Å². The number of piperidine rings is 1. The molecular formula is C15H20N2O2. The predicted molar refractivity (Wildman–Crippen MR) is 73.3 cm³/mol. The molecule has 2 atom stereocenters. The lowest BCUT2D eigenvalue weighted by atomic mass is 9.67. The molecule has 102 valence electrons. The number of hydrogen-bond acceptors (Lipinski definition) is 3. The Morgan fingerprint density at radius 2 is 1.95 bits per heavy atom. The lowest BCUT2D eigenvalue weighted by molar-refractivity contribution is -0.129. The third-order valence-corrected chi connectivity index (χ3v) is 4.59. The molecule has 2 aliphatic rings. The minimum atomic E-state index is -0.208. The molecular weight excluding hydrogens is 240 g/mol. The molecule has 0 aromatic heterocycles. The van der Waals surface area contributed by atoms with Crippen LogP contribution in [0.15, 0.2) is 24.3 Å². The summed E-state index contributed by atoms with van der Waals surface area (Å²) >= 11 is 0. The molecule has 1 aromatic rings. The second-order valence-electron chi connectivity index (χ2n) is 5.44. The Labute approximate surface area is 113 Å². The van der Waals surface area contributed by atoms with E-state index in [4.69, 9.17) is 4.74 Å². The fraction of sp³-hybridized carbons (Fsp3) is 0.533. The molecule has 3 rings (SSSR count). The van der Waals surface area contributed by atoms with Crippen molar-refractivity contribution < 1.29 is 9.53 Å². The van der Waals surface area contributed by atoms with E-state index in [0.29, 0.717) is 0 Å². The second kappa shape index (κ2) is 4.85. The summed E-state index contributed by atoms with van der Waals surface area (Å²) in [5.74, 6) is 1.35. The van der Waals surface area contributed by atoms with Crippen LogP contribution < -0.4 is 15.4 Å². The van der Waals surface area contributed by atoms with Crippen LogP contribution >= 0.6 is 0 Å². The van der Waals surface area contributed by atoms with Crippen LogP contribution in [0, 0.1) is 5.41 Å². The zero-order valence-electron chi connectivity index (χ0n) is 11.2. The largest absolute Gasteiger partial charge is 0.497 e. The molecule has 2 unspecified atom stereocenters. The Bertz CT molecular complexity index is 472. The van der Waals surface area contributed by atoms with Crippen molar-refractivity contribution in [2.24, 2.45) is 5.41 Å². The summed E-state index contributed by atoms with van der Waals surface area (Å²) in [5, 5.41) is 6.43. The van der Waals surface area contributed by atoms with Crippen LogP contribution in [-0.2, 0) is 4.79 Å². The van der Waals surface area contributed by atoms with E-state index in [9.17, 15) is 4.79 Å². The van der Waals surface area contributed by atoms with Crippen LogP contribution in [0.1, 0.15) is 24.3 Å². The topological polar surface area (TPSA) is 50.4 Å². The first-order valence-electron chi connectivity index (χ1n) is 6.89. The molecule has 0 bridgehead atoms. The number of carbonyl (C=O) groups is 1. The van der Waals surface area contributed by atoms with Crippen molar-refractivity contribution in [3.63, 3.8) is 0 Å². The fourth-order valence-electron chi connectivity index (χ4n) is 3.46. The van der Waals surface area contributed by atoms with Crippen molar-refractivity contribution in [2.45, 2.75) is 18.8 Å². The van der Waals surface area contributed by atoms with Crippen LogP contribution in [0.5, 0.6) is 5.75 Å². The zero-order chi connectivity index (χ0) is 13.3. The third-order valence-electron chi connectivity index (χ3n) is 4.59. The first kappa shape index (κ1) is 12.5. The maximum atomic E-state index is 12.3. The van der Waals surface area contributed by atoms with Crippen molar-refractivity contribution >= 4 is 5.91 Å². The van der Waals surface area contributed by atoms with Gasteiger partial charge in [0.1, 0.15) is 5.75 Å². The average molecular weight is 260 g/mol. The van der Waals surface area contributed by atoms with Gasteiger partial charge in [-0.1, -0.05) is 12.1 Å². The van der Waals surface area contributed by atoms with E-state index in [0.717, 1.165) is 38.2 Å². The molecule has 2 saturated heterocycles. The summed E-state index contributed by atoms with van der Waals surface area (Å²) < 4.78 is 5.20. The highest BCUT2D eigenvalue weighted by molar-refractivity contribution is 5.86. The Kier molecular flexibility index (Phi) is 3.19. The van der Waals surface area contributed by atoms with Crippen LogP contribution in [0.2, 0.25) is 0 Å². The van der Waals surface area contributed by atoms with Crippen LogP contribution in [-0.4, -0.2) is 32.7 Å². The van der Waals surface area contributed by atoms with Crippen LogP contribution in [0.4, 0.5) is 0 Å². The second-order valence-corrected chi connectivity index (χ2v) is 5.44. The van der Waals surface area contributed by atoms with E-state index >= 15 is 0 Å². The molecule has 0 radical (unpaired) electrons. The predicted octanol–water partition coefficient (Wildman–Crippen LogP) is 1.28. The lowest BCUT2D eigenvalue weighted by Gasteiger charge is -2.39. The first-order valence-corrected chi connectivity index (χ1v) is 6.89. The minimum Gasteiger partial charge on any atom is -0.497 e. The number of benzene rings is 1. The average Bonchev–Trinajstić information content (AvgIpc) is 2.81. The van der Waals surface area contributed by atoms with Gasteiger partial charge in [-0.25, -0.2) is 0 Å². The molecule has 4 nitrogen and oxygen atoms in total. The summed E-state index contributed by atoms with van der Waals surface area (Å²) in [6, 6.07) is 8.13. The highest BCUT2D eigenvalue weighted by Gasteiger charge is 2.50. The van der Waals surface area contributed by atoms with Gasteiger partial charge < -0.3 is 15.4 Å². The summed E-state index contributed by atoms with van der Waals surface area (Å²) in [6.45, 7) is 2.62. The molecule has 1 spiro atoms. The number of amides is 1. The fourth-order valence-corrected chi connectivity index (χ4v) is 3.46. The quantitative estimate of drug-likeness (QED) is 0.842. The highest BCUT2D eigenvalue weighted by Crippen LogP contribution is 2.46. The Morgan fingerprint density at radius 1 is 1.21 bits per heavy atom. The van der Waals surface area contributed by atoms with Gasteiger partial charge in [0, 0.05) is 19.0 Å². The number of hydrogen-bond donors (Lipinski definition) is 2. The van der Waals surface area contributed by atoms with Gasteiger partial charge in [-0.3, -0.25) is 4.79 Å². The first-order chi connectivity index (χ1) is 9.26. The van der Waals surface area contributed by atoms with E-state index in [1.54, 1.807) is 7.11 Å².